The average molecular weight is 442 g/mol. The number of aromatic nitrogens is 1. The number of carboxylic acid groups (broad SMARTS) is 1. The maximum absolute atomic E-state index is 12.3. The van der Waals surface area contributed by atoms with Gasteiger partial charge in [-0.2, -0.15) is 0 Å². The summed E-state index contributed by atoms with van der Waals surface area (Å²) in [4.78, 5) is 26.0. The third kappa shape index (κ3) is 4.00. The molecule has 4 atom stereocenters. The first kappa shape index (κ1) is 20.6. The van der Waals surface area contributed by atoms with Crippen LogP contribution in [0.25, 0.3) is 0 Å². The van der Waals surface area contributed by atoms with Crippen molar-refractivity contribution < 1.29 is 14.6 Å². The summed E-state index contributed by atoms with van der Waals surface area (Å²) >= 11 is 1.63. The molecule has 2 N–H and O–H groups in total. The van der Waals surface area contributed by atoms with E-state index < -0.39 is 12.0 Å². The highest BCUT2D eigenvalue weighted by molar-refractivity contribution is 7.99. The molecule has 1 aromatic carbocycles. The molecule has 2 unspecified atom stereocenters. The highest BCUT2D eigenvalue weighted by Gasteiger charge is 2.35. The Morgan fingerprint density at radius 3 is 2.90 bits per heavy atom. The van der Waals surface area contributed by atoms with E-state index in [1.54, 1.807) is 24.9 Å². The molecule has 31 heavy (non-hydrogen) atoms. The number of likely N-dealkylation sites (tertiary alicyclic amines) is 1. The molecule has 4 heterocycles. The lowest BCUT2D eigenvalue weighted by atomic mass is 9.83. The predicted octanol–water partition coefficient (Wildman–Crippen LogP) is 2.26. The number of hydrogen-bond donors (Lipinski definition) is 2. The van der Waals surface area contributed by atoms with E-state index in [1.807, 2.05) is 22.8 Å². The fraction of sp³-hybridized carbons (Fsp3) is 0.478. The zero-order chi connectivity index (χ0) is 21.5. The minimum Gasteiger partial charge on any atom is -0.496 e. The van der Waals surface area contributed by atoms with Crippen LogP contribution in [0.2, 0.25) is 0 Å². The van der Waals surface area contributed by atoms with Gasteiger partial charge in [-0.05, 0) is 36.1 Å². The summed E-state index contributed by atoms with van der Waals surface area (Å²) in [5.41, 5.74) is 3.46. The number of methoxy groups -OCH3 is 1. The topological polar surface area (TPSA) is 83.8 Å². The third-order valence-corrected chi connectivity index (χ3v) is 7.90. The summed E-state index contributed by atoms with van der Waals surface area (Å²) in [7, 11) is 1.69. The maximum Gasteiger partial charge on any atom is 0.321 e. The third-order valence-electron chi connectivity index (χ3n) is 6.64. The molecule has 5 rings (SSSR count). The van der Waals surface area contributed by atoms with Crippen LogP contribution >= 0.6 is 11.8 Å². The molecular formula is C23H27N3O4S. The number of benzene rings is 1. The van der Waals surface area contributed by atoms with Crippen LogP contribution in [-0.2, 0) is 17.9 Å². The van der Waals surface area contributed by atoms with Crippen LogP contribution in [0.3, 0.4) is 0 Å². The molecule has 8 heteroatoms. The van der Waals surface area contributed by atoms with Crippen LogP contribution in [-0.4, -0.2) is 52.5 Å². The largest absolute Gasteiger partial charge is 0.496 e. The molecule has 0 radical (unpaired) electrons. The molecule has 2 fully saturated rings. The maximum atomic E-state index is 12.3. The summed E-state index contributed by atoms with van der Waals surface area (Å²) in [5.74, 6) is 1.47. The monoisotopic (exact) mass is 441 g/mol. The van der Waals surface area contributed by atoms with Crippen molar-refractivity contribution in [2.24, 2.45) is 5.92 Å². The zero-order valence-corrected chi connectivity index (χ0v) is 18.3. The van der Waals surface area contributed by atoms with Gasteiger partial charge in [-0.25, -0.2) is 0 Å². The minimum atomic E-state index is -0.803. The van der Waals surface area contributed by atoms with Gasteiger partial charge >= 0.3 is 5.97 Å². The van der Waals surface area contributed by atoms with Crippen LogP contribution in [0.4, 0.5) is 0 Å². The summed E-state index contributed by atoms with van der Waals surface area (Å²) in [5, 5.41) is 12.5. The van der Waals surface area contributed by atoms with Crippen molar-refractivity contribution in [3.8, 4) is 5.75 Å². The van der Waals surface area contributed by atoms with Crippen molar-refractivity contribution >= 4 is 17.7 Å². The number of carboxylic acids is 1. The number of carbonyl (C=O) groups is 1. The second kappa shape index (κ2) is 8.33. The van der Waals surface area contributed by atoms with E-state index in [0.717, 1.165) is 55.2 Å². The molecule has 2 saturated heterocycles. The van der Waals surface area contributed by atoms with E-state index in [4.69, 9.17) is 4.74 Å². The Morgan fingerprint density at radius 2 is 2.13 bits per heavy atom. The summed E-state index contributed by atoms with van der Waals surface area (Å²) < 4.78 is 7.59. The SMILES string of the molecule is COc1ccc(C2NC(C(=O)O)CS2)cc1CN1C[C@@H]2C[C@H](C1)c1cccc(=O)n1C2. The van der Waals surface area contributed by atoms with Gasteiger partial charge in [0, 0.05) is 55.2 Å². The number of thioether (sulfide) groups is 1. The Hall–Kier alpha value is -2.29. The van der Waals surface area contributed by atoms with Crippen molar-refractivity contribution in [1.29, 1.82) is 0 Å². The summed E-state index contributed by atoms with van der Waals surface area (Å²) in [6, 6.07) is 11.3. The van der Waals surface area contributed by atoms with Crippen LogP contribution in [0.15, 0.2) is 41.2 Å². The molecule has 0 amide bonds. The lowest BCUT2D eigenvalue weighted by Gasteiger charge is -2.43. The molecule has 0 aliphatic carbocycles. The number of aliphatic carboxylic acids is 1. The van der Waals surface area contributed by atoms with Crippen molar-refractivity contribution in [3.63, 3.8) is 0 Å². The van der Waals surface area contributed by atoms with Crippen molar-refractivity contribution in [3.05, 3.63) is 63.6 Å². The van der Waals surface area contributed by atoms with Gasteiger partial charge in [0.15, 0.2) is 0 Å². The molecule has 2 aromatic rings. The second-order valence-corrected chi connectivity index (χ2v) is 9.87. The first-order chi connectivity index (χ1) is 15.0. The van der Waals surface area contributed by atoms with E-state index in [9.17, 15) is 14.7 Å². The molecule has 3 aliphatic rings. The Kier molecular flexibility index (Phi) is 5.54. The molecule has 2 bridgehead atoms. The fourth-order valence-electron chi connectivity index (χ4n) is 5.26. The van der Waals surface area contributed by atoms with Gasteiger partial charge in [0.05, 0.1) is 12.5 Å². The summed E-state index contributed by atoms with van der Waals surface area (Å²) in [6.07, 6.45) is 1.14. The number of pyridine rings is 1. The zero-order valence-electron chi connectivity index (χ0n) is 17.5. The first-order valence-electron chi connectivity index (χ1n) is 10.7. The Balaban J connectivity index is 1.35. The van der Waals surface area contributed by atoms with Gasteiger partial charge in [-0.3, -0.25) is 19.8 Å². The standard InChI is InChI=1S/C23H27N3O4S/c1-30-20-6-5-15(22-24-18(13-31-22)23(28)29)8-17(20)12-25-9-14-7-16(11-25)19-3-2-4-21(27)26(19)10-14/h2-6,8,14,16,18,22,24H,7,9-13H2,1H3,(H,28,29)/t14-,16+,18?,22?/m0/s1. The molecule has 3 aliphatic heterocycles. The number of nitrogens with one attached hydrogen (secondary N) is 1. The smallest absolute Gasteiger partial charge is 0.321 e. The van der Waals surface area contributed by atoms with E-state index in [2.05, 4.69) is 22.3 Å². The Morgan fingerprint density at radius 1 is 1.26 bits per heavy atom. The van der Waals surface area contributed by atoms with E-state index in [0.29, 0.717) is 17.6 Å². The van der Waals surface area contributed by atoms with E-state index in [1.165, 1.54) is 0 Å². The lowest BCUT2D eigenvalue weighted by Crippen LogP contribution is -2.46. The van der Waals surface area contributed by atoms with Gasteiger partial charge < -0.3 is 14.4 Å². The Bertz CT molecular complexity index is 1060. The number of hydrogen-bond acceptors (Lipinski definition) is 6. The van der Waals surface area contributed by atoms with Gasteiger partial charge in [0.25, 0.3) is 5.56 Å². The number of nitrogens with zero attached hydrogens (tertiary/aromatic N) is 2. The highest BCUT2D eigenvalue weighted by Crippen LogP contribution is 2.38. The Labute approximate surface area is 185 Å². The van der Waals surface area contributed by atoms with E-state index in [-0.39, 0.29) is 10.9 Å². The molecule has 1 aromatic heterocycles. The molecular weight excluding hydrogens is 414 g/mol. The quantitative estimate of drug-likeness (QED) is 0.736. The molecule has 0 saturated carbocycles. The average Bonchev–Trinajstić information content (AvgIpc) is 3.25. The number of fused-ring (bicyclic) bond motifs is 4. The van der Waals surface area contributed by atoms with Crippen LogP contribution in [0, 0.1) is 5.92 Å². The van der Waals surface area contributed by atoms with Crippen LogP contribution < -0.4 is 15.6 Å². The minimum absolute atomic E-state index is 0.0229. The second-order valence-electron chi connectivity index (χ2n) is 8.73. The van der Waals surface area contributed by atoms with Crippen LogP contribution in [0.5, 0.6) is 5.75 Å². The summed E-state index contributed by atoms with van der Waals surface area (Å²) in [6.45, 7) is 3.45. The van der Waals surface area contributed by atoms with Crippen molar-refractivity contribution in [2.45, 2.75) is 36.8 Å². The van der Waals surface area contributed by atoms with Gasteiger partial charge in [0.1, 0.15) is 11.8 Å². The number of piperidine rings is 1. The van der Waals surface area contributed by atoms with Gasteiger partial charge in [-0.1, -0.05) is 12.1 Å². The molecule has 164 valence electrons. The lowest BCUT2D eigenvalue weighted by molar-refractivity contribution is -0.138. The van der Waals surface area contributed by atoms with Crippen LogP contribution in [0.1, 0.15) is 34.5 Å². The fourth-order valence-corrected chi connectivity index (χ4v) is 6.48. The van der Waals surface area contributed by atoms with Gasteiger partial charge in [-0.15, -0.1) is 11.8 Å². The van der Waals surface area contributed by atoms with E-state index >= 15 is 0 Å². The molecule has 7 nitrogen and oxygen atoms in total. The number of rotatable bonds is 5. The highest BCUT2D eigenvalue weighted by atomic mass is 32.2. The van der Waals surface area contributed by atoms with Crippen molar-refractivity contribution in [1.82, 2.24) is 14.8 Å². The van der Waals surface area contributed by atoms with Crippen molar-refractivity contribution in [2.75, 3.05) is 26.0 Å². The first-order valence-corrected chi connectivity index (χ1v) is 11.8. The predicted molar refractivity (Wildman–Crippen MR) is 120 cm³/mol. The normalized spacial score (nSPS) is 27.6. The molecule has 0 spiro atoms. The number of ether oxygens (including phenoxy) is 1. The van der Waals surface area contributed by atoms with Gasteiger partial charge in [0.2, 0.25) is 0 Å².